The number of amides is 3. The highest BCUT2D eigenvalue weighted by Crippen LogP contribution is 2.25. The zero-order valence-corrected chi connectivity index (χ0v) is 16.9. The number of benzene rings is 1. The predicted molar refractivity (Wildman–Crippen MR) is 101 cm³/mol. The number of esters is 1. The summed E-state index contributed by atoms with van der Waals surface area (Å²) in [5.41, 5.74) is 0.102. The van der Waals surface area contributed by atoms with Crippen molar-refractivity contribution in [2.75, 3.05) is 13.6 Å². The molecule has 1 heterocycles. The average Bonchev–Trinajstić information content (AvgIpc) is 2.67. The Morgan fingerprint density at radius 1 is 1.18 bits per heavy atom. The first-order valence-electron chi connectivity index (χ1n) is 9.02. The van der Waals surface area contributed by atoms with Crippen molar-refractivity contribution in [2.45, 2.75) is 50.2 Å². The molecule has 2 N–H and O–H groups in total. The van der Waals surface area contributed by atoms with Crippen LogP contribution in [0.25, 0.3) is 0 Å². The van der Waals surface area contributed by atoms with Crippen molar-refractivity contribution < 1.29 is 27.5 Å². The number of nitrogens with zero attached hydrogens (tertiary/aromatic N) is 1. The van der Waals surface area contributed by atoms with Gasteiger partial charge in [-0.25, -0.2) is 18.0 Å². The van der Waals surface area contributed by atoms with Gasteiger partial charge < -0.3 is 10.1 Å². The number of carbonyl (C=O) groups is 3. The van der Waals surface area contributed by atoms with Gasteiger partial charge in [0, 0.05) is 19.6 Å². The van der Waals surface area contributed by atoms with E-state index in [1.807, 2.05) is 12.2 Å². The lowest BCUT2D eigenvalue weighted by Gasteiger charge is -2.32. The summed E-state index contributed by atoms with van der Waals surface area (Å²) in [6.45, 7) is 3.69. The smallest absolute Gasteiger partial charge is 0.338 e. The Hall–Kier alpha value is -2.46. The monoisotopic (exact) mass is 411 g/mol. The summed E-state index contributed by atoms with van der Waals surface area (Å²) in [6, 6.07) is 4.60. The van der Waals surface area contributed by atoms with Crippen molar-refractivity contribution in [3.05, 3.63) is 29.8 Å². The summed E-state index contributed by atoms with van der Waals surface area (Å²) >= 11 is 0. The van der Waals surface area contributed by atoms with Crippen molar-refractivity contribution >= 4 is 27.9 Å². The third-order valence-corrected chi connectivity index (χ3v) is 6.58. The Labute approximate surface area is 164 Å². The van der Waals surface area contributed by atoms with Crippen LogP contribution in [-0.4, -0.2) is 56.4 Å². The minimum absolute atomic E-state index is 0.0666. The molecule has 0 saturated carbocycles. The fourth-order valence-electron chi connectivity index (χ4n) is 2.89. The van der Waals surface area contributed by atoms with E-state index in [1.165, 1.54) is 42.5 Å². The van der Waals surface area contributed by atoms with Crippen molar-refractivity contribution in [3.8, 4) is 0 Å². The van der Waals surface area contributed by atoms with E-state index in [-0.39, 0.29) is 16.5 Å². The Bertz CT molecular complexity index is 837. The van der Waals surface area contributed by atoms with Crippen LogP contribution >= 0.6 is 0 Å². The molecule has 28 heavy (non-hydrogen) atoms. The van der Waals surface area contributed by atoms with E-state index in [0.717, 1.165) is 19.3 Å². The standard InChI is InChI=1S/C18H25N3O6S/c1-12-6-4-5-11-21(12)28(25,26)15-9-7-14(8-10-15)17(23)27-13(2)16(22)20-18(24)19-3/h7-10,12-13H,4-6,11H2,1-3H3,(H2,19,20,22,24)/t12-,13+/m1/s1. The molecule has 0 aliphatic carbocycles. The van der Waals surface area contributed by atoms with Crippen molar-refractivity contribution in [1.82, 2.24) is 14.9 Å². The number of nitrogens with one attached hydrogen (secondary N) is 2. The van der Waals surface area contributed by atoms with Crippen LogP contribution in [0.4, 0.5) is 4.79 Å². The Morgan fingerprint density at radius 3 is 2.39 bits per heavy atom. The van der Waals surface area contributed by atoms with Crippen molar-refractivity contribution in [3.63, 3.8) is 0 Å². The highest BCUT2D eigenvalue weighted by molar-refractivity contribution is 7.89. The molecule has 1 aromatic rings. The van der Waals surface area contributed by atoms with Gasteiger partial charge in [-0.3, -0.25) is 10.1 Å². The maximum Gasteiger partial charge on any atom is 0.338 e. The molecule has 2 rings (SSSR count). The molecule has 2 atom stereocenters. The minimum Gasteiger partial charge on any atom is -0.449 e. The molecule has 0 aromatic heterocycles. The molecule has 1 aliphatic heterocycles. The third kappa shape index (κ3) is 5.08. The zero-order valence-electron chi connectivity index (χ0n) is 16.1. The maximum atomic E-state index is 12.8. The number of ether oxygens (including phenoxy) is 1. The quantitative estimate of drug-likeness (QED) is 0.703. The van der Waals surface area contributed by atoms with Crippen molar-refractivity contribution in [1.29, 1.82) is 0 Å². The lowest BCUT2D eigenvalue weighted by atomic mass is 10.1. The largest absolute Gasteiger partial charge is 0.449 e. The topological polar surface area (TPSA) is 122 Å². The summed E-state index contributed by atoms with van der Waals surface area (Å²) in [7, 11) is -2.29. The highest BCUT2D eigenvalue weighted by atomic mass is 32.2. The molecule has 154 valence electrons. The molecule has 0 radical (unpaired) electrons. The Kier molecular flexibility index (Phi) is 7.14. The van der Waals surface area contributed by atoms with E-state index in [1.54, 1.807) is 0 Å². The number of urea groups is 1. The molecular weight excluding hydrogens is 386 g/mol. The molecule has 9 nitrogen and oxygen atoms in total. The molecule has 1 aromatic carbocycles. The fourth-order valence-corrected chi connectivity index (χ4v) is 4.58. The number of hydrogen-bond acceptors (Lipinski definition) is 6. The van der Waals surface area contributed by atoms with Crippen LogP contribution in [0.3, 0.4) is 0 Å². The van der Waals surface area contributed by atoms with Crippen LogP contribution in [0.2, 0.25) is 0 Å². The highest BCUT2D eigenvalue weighted by Gasteiger charge is 2.31. The third-order valence-electron chi connectivity index (χ3n) is 4.56. The summed E-state index contributed by atoms with van der Waals surface area (Å²) in [4.78, 5) is 35.1. The molecule has 1 fully saturated rings. The first kappa shape index (κ1) is 21.8. The fraction of sp³-hybridized carbons (Fsp3) is 0.500. The van der Waals surface area contributed by atoms with Crippen LogP contribution in [0.15, 0.2) is 29.2 Å². The molecule has 0 bridgehead atoms. The SMILES string of the molecule is CNC(=O)NC(=O)[C@H](C)OC(=O)c1ccc(S(=O)(=O)N2CCCC[C@H]2C)cc1. The number of rotatable bonds is 5. The molecule has 0 spiro atoms. The van der Waals surface area contributed by atoms with E-state index in [9.17, 15) is 22.8 Å². The second kappa shape index (κ2) is 9.16. The van der Waals surface area contributed by atoms with Crippen LogP contribution in [-0.2, 0) is 19.6 Å². The van der Waals surface area contributed by atoms with Gasteiger partial charge >= 0.3 is 12.0 Å². The van der Waals surface area contributed by atoms with Gasteiger partial charge in [0.1, 0.15) is 0 Å². The summed E-state index contributed by atoms with van der Waals surface area (Å²) in [6.07, 6.45) is 1.45. The second-order valence-corrected chi connectivity index (χ2v) is 8.49. The Morgan fingerprint density at radius 2 is 1.82 bits per heavy atom. The van der Waals surface area contributed by atoms with E-state index in [2.05, 4.69) is 5.32 Å². The molecule has 1 saturated heterocycles. The molecule has 3 amide bonds. The van der Waals surface area contributed by atoms with Gasteiger partial charge in [-0.1, -0.05) is 6.42 Å². The number of imide groups is 1. The summed E-state index contributed by atoms with van der Waals surface area (Å²) < 4.78 is 32.1. The van der Waals surface area contributed by atoms with Gasteiger partial charge in [0.2, 0.25) is 10.0 Å². The Balaban J connectivity index is 2.06. The molecular formula is C18H25N3O6S. The maximum absolute atomic E-state index is 12.8. The second-order valence-electron chi connectivity index (χ2n) is 6.60. The van der Waals surface area contributed by atoms with Crippen molar-refractivity contribution in [2.24, 2.45) is 0 Å². The minimum atomic E-state index is -3.63. The number of sulfonamides is 1. The number of carbonyl (C=O) groups excluding carboxylic acids is 3. The van der Waals surface area contributed by atoms with E-state index in [4.69, 9.17) is 4.74 Å². The molecule has 1 aliphatic rings. The van der Waals surface area contributed by atoms with Gasteiger partial charge in [-0.05, 0) is 51.0 Å². The zero-order chi connectivity index (χ0) is 20.9. The van der Waals surface area contributed by atoms with E-state index >= 15 is 0 Å². The lowest BCUT2D eigenvalue weighted by Crippen LogP contribution is -2.43. The van der Waals surface area contributed by atoms with Gasteiger partial charge in [0.25, 0.3) is 5.91 Å². The molecule has 10 heteroatoms. The van der Waals surface area contributed by atoms with Crippen LogP contribution in [0, 0.1) is 0 Å². The van der Waals surface area contributed by atoms with Gasteiger partial charge in [0.05, 0.1) is 10.5 Å². The van der Waals surface area contributed by atoms with Crippen LogP contribution in [0.1, 0.15) is 43.5 Å². The first-order valence-corrected chi connectivity index (χ1v) is 10.5. The average molecular weight is 411 g/mol. The van der Waals surface area contributed by atoms with Crippen LogP contribution in [0.5, 0.6) is 0 Å². The summed E-state index contributed by atoms with van der Waals surface area (Å²) in [5.74, 6) is -1.57. The van der Waals surface area contributed by atoms with Gasteiger partial charge in [-0.15, -0.1) is 0 Å². The molecule has 0 unspecified atom stereocenters. The lowest BCUT2D eigenvalue weighted by molar-refractivity contribution is -0.127. The number of hydrogen-bond donors (Lipinski definition) is 2. The number of piperidine rings is 1. The van der Waals surface area contributed by atoms with Crippen LogP contribution < -0.4 is 10.6 Å². The van der Waals surface area contributed by atoms with Gasteiger partial charge in [0.15, 0.2) is 6.10 Å². The first-order chi connectivity index (χ1) is 13.2. The predicted octanol–water partition coefficient (Wildman–Crippen LogP) is 1.25. The van der Waals surface area contributed by atoms with E-state index < -0.39 is 34.0 Å². The normalized spacial score (nSPS) is 18.8. The van der Waals surface area contributed by atoms with Gasteiger partial charge in [-0.2, -0.15) is 4.31 Å². The van der Waals surface area contributed by atoms with E-state index in [0.29, 0.717) is 6.54 Å². The summed E-state index contributed by atoms with van der Waals surface area (Å²) in [5, 5.41) is 4.22.